The Labute approximate surface area is 256 Å². The van der Waals surface area contributed by atoms with Gasteiger partial charge in [-0.05, 0) is 37.0 Å². The number of hydrogen-bond acceptors (Lipinski definition) is 9. The Kier molecular flexibility index (Phi) is 20.3. The highest BCUT2D eigenvalue weighted by molar-refractivity contribution is 5.84. The molecule has 0 radical (unpaired) electrons. The van der Waals surface area contributed by atoms with E-state index in [0.717, 1.165) is 57.8 Å². The van der Waals surface area contributed by atoms with Crippen LogP contribution in [-0.4, -0.2) is 59.4 Å². The molecule has 1 aromatic rings. The lowest BCUT2D eigenvalue weighted by Crippen LogP contribution is -2.44. The summed E-state index contributed by atoms with van der Waals surface area (Å²) in [6.07, 6.45) is 10.6. The summed E-state index contributed by atoms with van der Waals surface area (Å²) in [6, 6.07) is 3.05. The van der Waals surface area contributed by atoms with Gasteiger partial charge >= 0.3 is 17.9 Å². The van der Waals surface area contributed by atoms with E-state index in [9.17, 15) is 29.4 Å². The minimum Gasteiger partial charge on any atom is -0.504 e. The molecule has 0 heterocycles. The highest BCUT2D eigenvalue weighted by atomic mass is 16.6. The SMILES string of the molecule is CCCCCCC(=O)N[C@@H](Cc1ccc(O)c(O)c1)C(=O)OCC(COC(=O)CCCCCC)OC(=O)CCCCCC. The van der Waals surface area contributed by atoms with Crippen LogP contribution in [0.4, 0.5) is 0 Å². The van der Waals surface area contributed by atoms with Crippen molar-refractivity contribution in [3.63, 3.8) is 0 Å². The van der Waals surface area contributed by atoms with Gasteiger partial charge in [0.2, 0.25) is 5.91 Å². The summed E-state index contributed by atoms with van der Waals surface area (Å²) in [4.78, 5) is 50.5. The Balaban J connectivity index is 2.88. The molecule has 3 N–H and O–H groups in total. The van der Waals surface area contributed by atoms with Crippen molar-refractivity contribution in [3.05, 3.63) is 23.8 Å². The van der Waals surface area contributed by atoms with Crippen LogP contribution in [0.5, 0.6) is 11.5 Å². The van der Waals surface area contributed by atoms with Crippen LogP contribution in [0.3, 0.4) is 0 Å². The molecular formula is C33H53NO9. The molecule has 0 aliphatic rings. The van der Waals surface area contributed by atoms with Crippen LogP contribution >= 0.6 is 0 Å². The molecule has 2 atom stereocenters. The van der Waals surface area contributed by atoms with E-state index in [2.05, 4.69) is 26.1 Å². The number of aromatic hydroxyl groups is 2. The maximum Gasteiger partial charge on any atom is 0.329 e. The second-order valence-electron chi connectivity index (χ2n) is 11.0. The largest absolute Gasteiger partial charge is 0.504 e. The first-order chi connectivity index (χ1) is 20.7. The van der Waals surface area contributed by atoms with E-state index >= 15 is 0 Å². The topological polar surface area (TPSA) is 148 Å². The van der Waals surface area contributed by atoms with Gasteiger partial charge in [-0.25, -0.2) is 4.79 Å². The van der Waals surface area contributed by atoms with Gasteiger partial charge in [0, 0.05) is 25.7 Å². The van der Waals surface area contributed by atoms with Crippen LogP contribution in [0.15, 0.2) is 18.2 Å². The van der Waals surface area contributed by atoms with E-state index in [1.807, 2.05) is 0 Å². The molecule has 0 fully saturated rings. The standard InChI is InChI=1S/C33H53NO9/c1-4-7-10-13-16-30(37)34-27(21-25-19-20-28(35)29(36)22-25)33(40)42-24-26(43-32(39)18-15-12-9-6-3)23-41-31(38)17-14-11-8-5-2/h19-20,22,26-27,35-36H,4-18,21,23-24H2,1-3H3,(H,34,37)/t26?,27-/m0/s1. The molecule has 244 valence electrons. The van der Waals surface area contributed by atoms with Crippen molar-refractivity contribution < 1.29 is 43.6 Å². The van der Waals surface area contributed by atoms with Gasteiger partial charge in [-0.15, -0.1) is 0 Å². The molecule has 0 aliphatic carbocycles. The number of unbranched alkanes of at least 4 members (excludes halogenated alkanes) is 9. The predicted octanol–water partition coefficient (Wildman–Crippen LogP) is 6.03. The predicted molar refractivity (Wildman–Crippen MR) is 163 cm³/mol. The lowest BCUT2D eigenvalue weighted by atomic mass is 10.0. The number of hydrogen-bond donors (Lipinski definition) is 3. The van der Waals surface area contributed by atoms with E-state index in [1.165, 1.54) is 18.2 Å². The van der Waals surface area contributed by atoms with Gasteiger partial charge in [0.1, 0.15) is 19.3 Å². The lowest BCUT2D eigenvalue weighted by Gasteiger charge is -2.21. The molecule has 0 bridgehead atoms. The van der Waals surface area contributed by atoms with E-state index in [-0.39, 0.29) is 56.3 Å². The fraction of sp³-hybridized carbons (Fsp3) is 0.697. The van der Waals surface area contributed by atoms with E-state index in [0.29, 0.717) is 24.8 Å². The molecule has 43 heavy (non-hydrogen) atoms. The molecule has 0 aromatic heterocycles. The summed E-state index contributed by atoms with van der Waals surface area (Å²) >= 11 is 0. The molecule has 1 amide bonds. The molecule has 0 saturated carbocycles. The maximum absolute atomic E-state index is 13.2. The number of phenols is 2. The van der Waals surface area contributed by atoms with Gasteiger partial charge < -0.3 is 29.7 Å². The van der Waals surface area contributed by atoms with Crippen molar-refractivity contribution in [2.45, 2.75) is 136 Å². The van der Waals surface area contributed by atoms with Crippen LogP contribution in [0.25, 0.3) is 0 Å². The molecule has 0 spiro atoms. The number of carbonyl (C=O) groups excluding carboxylic acids is 4. The molecule has 0 saturated heterocycles. The molecule has 10 nitrogen and oxygen atoms in total. The fourth-order valence-corrected chi connectivity index (χ4v) is 4.39. The Morgan fingerprint density at radius 3 is 1.84 bits per heavy atom. The number of nitrogens with one attached hydrogen (secondary N) is 1. The average molecular weight is 608 g/mol. The minimum absolute atomic E-state index is 0.00199. The third-order valence-corrected chi connectivity index (χ3v) is 6.97. The first kappa shape index (κ1) is 37.7. The number of benzene rings is 1. The van der Waals surface area contributed by atoms with Crippen LogP contribution in [0.1, 0.15) is 123 Å². The quantitative estimate of drug-likeness (QED) is 0.0554. The van der Waals surface area contributed by atoms with Crippen LogP contribution < -0.4 is 5.32 Å². The summed E-state index contributed by atoms with van der Waals surface area (Å²) in [7, 11) is 0. The van der Waals surface area contributed by atoms with Gasteiger partial charge in [-0.3, -0.25) is 14.4 Å². The molecule has 10 heteroatoms. The fourth-order valence-electron chi connectivity index (χ4n) is 4.39. The van der Waals surface area contributed by atoms with E-state index in [1.54, 1.807) is 0 Å². The normalized spacial score (nSPS) is 12.3. The van der Waals surface area contributed by atoms with Crippen molar-refractivity contribution in [2.24, 2.45) is 0 Å². The third-order valence-electron chi connectivity index (χ3n) is 6.97. The Morgan fingerprint density at radius 2 is 1.26 bits per heavy atom. The van der Waals surface area contributed by atoms with Gasteiger partial charge in [0.05, 0.1) is 0 Å². The van der Waals surface area contributed by atoms with Crippen molar-refractivity contribution in [1.82, 2.24) is 5.32 Å². The van der Waals surface area contributed by atoms with Gasteiger partial charge in [0.15, 0.2) is 17.6 Å². The van der Waals surface area contributed by atoms with E-state index < -0.39 is 30.1 Å². The summed E-state index contributed by atoms with van der Waals surface area (Å²) < 4.78 is 16.3. The zero-order valence-electron chi connectivity index (χ0n) is 26.4. The Morgan fingerprint density at radius 1 is 0.698 bits per heavy atom. The Bertz CT molecular complexity index is 966. The third kappa shape index (κ3) is 18.1. The van der Waals surface area contributed by atoms with E-state index in [4.69, 9.17) is 14.2 Å². The zero-order valence-corrected chi connectivity index (χ0v) is 26.4. The molecule has 1 aromatic carbocycles. The van der Waals surface area contributed by atoms with Crippen molar-refractivity contribution in [2.75, 3.05) is 13.2 Å². The van der Waals surface area contributed by atoms with Crippen LogP contribution in [0.2, 0.25) is 0 Å². The summed E-state index contributed by atoms with van der Waals surface area (Å²) in [5.41, 5.74) is 0.496. The monoisotopic (exact) mass is 607 g/mol. The molecule has 1 unspecified atom stereocenters. The number of esters is 3. The smallest absolute Gasteiger partial charge is 0.329 e. The maximum atomic E-state index is 13.2. The first-order valence-corrected chi connectivity index (χ1v) is 16.0. The van der Waals surface area contributed by atoms with Crippen LogP contribution in [-0.2, 0) is 39.8 Å². The summed E-state index contributed by atoms with van der Waals surface area (Å²) in [5, 5.41) is 22.3. The lowest BCUT2D eigenvalue weighted by molar-refractivity contribution is -0.167. The minimum atomic E-state index is -1.09. The Hall–Kier alpha value is -3.30. The number of carbonyl (C=O) groups is 4. The number of rotatable bonds is 24. The highest BCUT2D eigenvalue weighted by Gasteiger charge is 2.26. The zero-order chi connectivity index (χ0) is 31.9. The molecular weight excluding hydrogens is 554 g/mol. The molecule has 0 aliphatic heterocycles. The second kappa shape index (κ2) is 23.2. The number of phenolic OH excluding ortho intramolecular Hbond substituents is 2. The highest BCUT2D eigenvalue weighted by Crippen LogP contribution is 2.25. The van der Waals surface area contributed by atoms with Gasteiger partial charge in [0.25, 0.3) is 0 Å². The van der Waals surface area contributed by atoms with Crippen molar-refractivity contribution in [3.8, 4) is 11.5 Å². The molecule has 1 rings (SSSR count). The summed E-state index contributed by atoms with van der Waals surface area (Å²) in [5.74, 6) is -2.60. The van der Waals surface area contributed by atoms with Gasteiger partial charge in [-0.2, -0.15) is 0 Å². The number of ether oxygens (including phenoxy) is 3. The second-order valence-corrected chi connectivity index (χ2v) is 11.0. The first-order valence-electron chi connectivity index (χ1n) is 16.0. The average Bonchev–Trinajstić information content (AvgIpc) is 2.98. The van der Waals surface area contributed by atoms with Gasteiger partial charge in [-0.1, -0.05) is 84.6 Å². The van der Waals surface area contributed by atoms with Crippen LogP contribution in [0, 0.1) is 0 Å². The van der Waals surface area contributed by atoms with Crippen molar-refractivity contribution in [1.29, 1.82) is 0 Å². The number of amides is 1. The summed E-state index contributed by atoms with van der Waals surface area (Å²) in [6.45, 7) is 5.63. The van der Waals surface area contributed by atoms with Crippen molar-refractivity contribution >= 4 is 23.8 Å².